The predicted octanol–water partition coefficient (Wildman–Crippen LogP) is 1.85. The summed E-state index contributed by atoms with van der Waals surface area (Å²) in [7, 11) is 4.29. The summed E-state index contributed by atoms with van der Waals surface area (Å²) in [5.41, 5.74) is 0. The molecule has 1 heterocycles. The second-order valence-corrected chi connectivity index (χ2v) is 6.66. The molecule has 1 saturated carbocycles. The first kappa shape index (κ1) is 15.2. The van der Waals surface area contributed by atoms with E-state index in [9.17, 15) is 0 Å². The van der Waals surface area contributed by atoms with E-state index in [1.165, 1.54) is 0 Å². The molecule has 4 nitrogen and oxygen atoms in total. The number of likely N-dealkylation sites (N-methyl/N-ethyl adjacent to an activating group) is 1. The number of hydrogen-bond acceptors (Lipinski definition) is 4. The van der Waals surface area contributed by atoms with Gasteiger partial charge >= 0.3 is 0 Å². The van der Waals surface area contributed by atoms with Crippen LogP contribution >= 0.6 is 0 Å². The molecule has 19 heavy (non-hydrogen) atoms. The zero-order valence-electron chi connectivity index (χ0n) is 12.9. The van der Waals surface area contributed by atoms with Crippen LogP contribution in [-0.4, -0.2) is 56.6 Å². The van der Waals surface area contributed by atoms with Gasteiger partial charge in [0.15, 0.2) is 5.79 Å². The van der Waals surface area contributed by atoms with Crippen LogP contribution < -0.4 is 5.32 Å². The summed E-state index contributed by atoms with van der Waals surface area (Å²) in [5, 5.41) is 3.84. The van der Waals surface area contributed by atoms with Gasteiger partial charge in [0.25, 0.3) is 0 Å². The normalized spacial score (nSPS) is 25.6. The molecule has 0 aromatic rings. The average Bonchev–Trinajstić information content (AvgIpc) is 2.79. The molecule has 0 amide bonds. The third kappa shape index (κ3) is 4.15. The van der Waals surface area contributed by atoms with Gasteiger partial charge < -0.3 is 19.7 Å². The van der Waals surface area contributed by atoms with E-state index < -0.39 is 0 Å². The smallest absolute Gasteiger partial charge is 0.168 e. The zero-order chi connectivity index (χ0) is 13.9. The molecule has 1 atom stereocenters. The maximum Gasteiger partial charge on any atom is 0.168 e. The van der Waals surface area contributed by atoms with E-state index >= 15 is 0 Å². The monoisotopic (exact) mass is 270 g/mol. The Morgan fingerprint density at radius 3 is 2.21 bits per heavy atom. The van der Waals surface area contributed by atoms with E-state index in [-0.39, 0.29) is 5.79 Å². The molecule has 2 fully saturated rings. The summed E-state index contributed by atoms with van der Waals surface area (Å²) in [5.74, 6) is 0.435. The molecular weight excluding hydrogens is 240 g/mol. The molecule has 1 unspecified atom stereocenters. The Labute approximate surface area is 117 Å². The van der Waals surface area contributed by atoms with Crippen molar-refractivity contribution in [1.29, 1.82) is 0 Å². The predicted molar refractivity (Wildman–Crippen MR) is 77.2 cm³/mol. The minimum absolute atomic E-state index is 0.229. The minimum atomic E-state index is -0.229. The summed E-state index contributed by atoms with van der Waals surface area (Å²) in [4.78, 5) is 2.27. The lowest BCUT2D eigenvalue weighted by molar-refractivity contribution is -0.179. The first-order valence-corrected chi connectivity index (χ1v) is 7.69. The summed E-state index contributed by atoms with van der Waals surface area (Å²) in [6, 6.07) is 1.19. The van der Waals surface area contributed by atoms with Crippen LogP contribution in [-0.2, 0) is 9.47 Å². The molecule has 112 valence electrons. The van der Waals surface area contributed by atoms with E-state index in [1.54, 1.807) is 0 Å². The Morgan fingerprint density at radius 2 is 1.74 bits per heavy atom. The zero-order valence-corrected chi connectivity index (χ0v) is 12.9. The molecule has 1 aliphatic carbocycles. The highest BCUT2D eigenvalue weighted by molar-refractivity contribution is 4.88. The van der Waals surface area contributed by atoms with Crippen molar-refractivity contribution in [3.63, 3.8) is 0 Å². The van der Waals surface area contributed by atoms with Crippen LogP contribution in [0.1, 0.15) is 39.5 Å². The third-order valence-electron chi connectivity index (χ3n) is 4.38. The van der Waals surface area contributed by atoms with Crippen LogP contribution in [0.15, 0.2) is 0 Å². The maximum absolute atomic E-state index is 5.79. The molecule has 0 radical (unpaired) electrons. The number of nitrogens with one attached hydrogen (secondary N) is 1. The highest BCUT2D eigenvalue weighted by atomic mass is 16.7. The van der Waals surface area contributed by atoms with Crippen LogP contribution in [0.2, 0.25) is 0 Å². The van der Waals surface area contributed by atoms with Gasteiger partial charge in [-0.2, -0.15) is 0 Å². The Hall–Kier alpha value is -0.160. The first-order valence-electron chi connectivity index (χ1n) is 7.69. The molecule has 1 N–H and O–H groups in total. The van der Waals surface area contributed by atoms with Crippen molar-refractivity contribution in [3.05, 3.63) is 0 Å². The molecule has 4 heteroatoms. The molecule has 0 bridgehead atoms. The fraction of sp³-hybridized carbons (Fsp3) is 1.00. The minimum Gasteiger partial charge on any atom is -0.348 e. The molecule has 0 aromatic carbocycles. The standard InChI is InChI=1S/C15H30N2O2/c1-12(2)14(11-17(3)4)16-13-5-7-15(8-6-13)18-9-10-19-15/h12-14,16H,5-11H2,1-4H3. The number of ether oxygens (including phenoxy) is 2. The lowest BCUT2D eigenvalue weighted by atomic mass is 9.88. The maximum atomic E-state index is 5.79. The van der Waals surface area contributed by atoms with E-state index in [0.717, 1.165) is 45.4 Å². The van der Waals surface area contributed by atoms with Crippen molar-refractivity contribution < 1.29 is 9.47 Å². The van der Waals surface area contributed by atoms with Crippen molar-refractivity contribution in [2.75, 3.05) is 33.9 Å². The van der Waals surface area contributed by atoms with Gasteiger partial charge in [0.2, 0.25) is 0 Å². The van der Waals surface area contributed by atoms with Gasteiger partial charge in [-0.05, 0) is 32.9 Å². The summed E-state index contributed by atoms with van der Waals surface area (Å²) < 4.78 is 11.6. The van der Waals surface area contributed by atoms with E-state index in [2.05, 4.69) is 38.2 Å². The lowest BCUT2D eigenvalue weighted by Gasteiger charge is -2.38. The third-order valence-corrected chi connectivity index (χ3v) is 4.38. The molecule has 1 aliphatic heterocycles. The van der Waals surface area contributed by atoms with E-state index in [4.69, 9.17) is 9.47 Å². The fourth-order valence-electron chi connectivity index (χ4n) is 3.16. The van der Waals surface area contributed by atoms with Gasteiger partial charge in [-0.15, -0.1) is 0 Å². The van der Waals surface area contributed by atoms with Crippen LogP contribution in [0.5, 0.6) is 0 Å². The second kappa shape index (κ2) is 6.53. The van der Waals surface area contributed by atoms with Crippen molar-refractivity contribution in [1.82, 2.24) is 10.2 Å². The summed E-state index contributed by atoms with van der Waals surface area (Å²) >= 11 is 0. The average molecular weight is 270 g/mol. The number of hydrogen-bond donors (Lipinski definition) is 1. The van der Waals surface area contributed by atoms with Gasteiger partial charge in [-0.25, -0.2) is 0 Å². The highest BCUT2D eigenvalue weighted by Crippen LogP contribution is 2.35. The van der Waals surface area contributed by atoms with Gasteiger partial charge in [-0.1, -0.05) is 13.8 Å². The topological polar surface area (TPSA) is 33.7 Å². The van der Waals surface area contributed by atoms with Crippen LogP contribution in [0.25, 0.3) is 0 Å². The Morgan fingerprint density at radius 1 is 1.16 bits per heavy atom. The van der Waals surface area contributed by atoms with Crippen molar-refractivity contribution in [2.24, 2.45) is 5.92 Å². The van der Waals surface area contributed by atoms with Gasteiger partial charge in [-0.3, -0.25) is 0 Å². The van der Waals surface area contributed by atoms with Crippen LogP contribution in [0, 0.1) is 5.92 Å². The van der Waals surface area contributed by atoms with Gasteiger partial charge in [0.05, 0.1) is 13.2 Å². The van der Waals surface area contributed by atoms with Gasteiger partial charge in [0, 0.05) is 31.5 Å². The summed E-state index contributed by atoms with van der Waals surface area (Å²) in [6.45, 7) is 7.25. The molecule has 0 aromatic heterocycles. The Balaban J connectivity index is 1.80. The number of nitrogens with zero attached hydrogens (tertiary/aromatic N) is 1. The van der Waals surface area contributed by atoms with E-state index in [1.807, 2.05) is 0 Å². The Bertz CT molecular complexity index is 265. The number of rotatable bonds is 5. The quantitative estimate of drug-likeness (QED) is 0.826. The fourth-order valence-corrected chi connectivity index (χ4v) is 3.16. The van der Waals surface area contributed by atoms with Gasteiger partial charge in [0.1, 0.15) is 0 Å². The first-order chi connectivity index (χ1) is 9.01. The van der Waals surface area contributed by atoms with Crippen molar-refractivity contribution in [2.45, 2.75) is 57.4 Å². The van der Waals surface area contributed by atoms with E-state index in [0.29, 0.717) is 18.0 Å². The molecule has 1 spiro atoms. The molecular formula is C15H30N2O2. The molecule has 2 aliphatic rings. The second-order valence-electron chi connectivity index (χ2n) is 6.66. The Kier molecular flexibility index (Phi) is 5.23. The molecule has 2 rings (SSSR count). The summed E-state index contributed by atoms with van der Waals surface area (Å²) in [6.07, 6.45) is 4.40. The van der Waals surface area contributed by atoms with Crippen molar-refractivity contribution in [3.8, 4) is 0 Å². The van der Waals surface area contributed by atoms with Crippen LogP contribution in [0.3, 0.4) is 0 Å². The highest BCUT2D eigenvalue weighted by Gasteiger charge is 2.40. The molecule has 1 saturated heterocycles. The van der Waals surface area contributed by atoms with Crippen molar-refractivity contribution >= 4 is 0 Å². The van der Waals surface area contributed by atoms with Crippen LogP contribution in [0.4, 0.5) is 0 Å². The largest absolute Gasteiger partial charge is 0.348 e. The SMILES string of the molecule is CC(C)C(CN(C)C)NC1CCC2(CC1)OCCO2. The lowest BCUT2D eigenvalue weighted by Crippen LogP contribution is -2.50.